The molecule has 1 atom stereocenters. The fraction of sp³-hybridized carbons (Fsp3) is 0.368. The smallest absolute Gasteiger partial charge is 0.0243 e. The average molecular weight is 280 g/mol. The van der Waals surface area contributed by atoms with Crippen molar-refractivity contribution in [2.75, 3.05) is 19.6 Å². The van der Waals surface area contributed by atoms with Gasteiger partial charge in [0.25, 0.3) is 0 Å². The van der Waals surface area contributed by atoms with Gasteiger partial charge in [0.1, 0.15) is 0 Å². The Balaban J connectivity index is 1.85. The molecular formula is C19H24N2. The highest BCUT2D eigenvalue weighted by Gasteiger charge is 2.21. The highest BCUT2D eigenvalue weighted by molar-refractivity contribution is 5.67. The van der Waals surface area contributed by atoms with Gasteiger partial charge in [-0.1, -0.05) is 61.5 Å². The molecular weight excluding hydrogens is 256 g/mol. The van der Waals surface area contributed by atoms with Gasteiger partial charge in [-0.05, 0) is 36.2 Å². The second-order valence-electron chi connectivity index (χ2n) is 5.73. The lowest BCUT2D eigenvalue weighted by molar-refractivity contribution is 0.210. The van der Waals surface area contributed by atoms with Crippen molar-refractivity contribution in [2.45, 2.75) is 25.9 Å². The van der Waals surface area contributed by atoms with Crippen LogP contribution in [-0.4, -0.2) is 30.6 Å². The molecule has 3 rings (SSSR count). The summed E-state index contributed by atoms with van der Waals surface area (Å²) in [5, 5.41) is 3.48. The van der Waals surface area contributed by atoms with E-state index in [0.29, 0.717) is 6.04 Å². The van der Waals surface area contributed by atoms with E-state index in [-0.39, 0.29) is 0 Å². The lowest BCUT2D eigenvalue weighted by atomic mass is 9.99. The quantitative estimate of drug-likeness (QED) is 0.901. The predicted octanol–water partition coefficient (Wildman–Crippen LogP) is 3.54. The molecule has 110 valence electrons. The summed E-state index contributed by atoms with van der Waals surface area (Å²) >= 11 is 0. The van der Waals surface area contributed by atoms with Crippen molar-refractivity contribution in [1.82, 2.24) is 10.2 Å². The van der Waals surface area contributed by atoms with Gasteiger partial charge in [-0.3, -0.25) is 4.90 Å². The van der Waals surface area contributed by atoms with Gasteiger partial charge in [0, 0.05) is 19.1 Å². The van der Waals surface area contributed by atoms with Crippen LogP contribution in [0.5, 0.6) is 0 Å². The molecule has 0 aromatic heterocycles. The van der Waals surface area contributed by atoms with Crippen LogP contribution in [0, 0.1) is 0 Å². The molecule has 0 saturated carbocycles. The van der Waals surface area contributed by atoms with E-state index in [2.05, 4.69) is 71.7 Å². The van der Waals surface area contributed by atoms with E-state index in [0.717, 1.165) is 26.2 Å². The minimum Gasteiger partial charge on any atom is -0.315 e. The molecule has 1 aliphatic rings. The predicted molar refractivity (Wildman–Crippen MR) is 89.2 cm³/mol. The second-order valence-corrected chi connectivity index (χ2v) is 5.73. The maximum Gasteiger partial charge on any atom is 0.0243 e. The molecule has 0 radical (unpaired) electrons. The third kappa shape index (κ3) is 3.34. The maximum absolute atomic E-state index is 3.48. The minimum absolute atomic E-state index is 0.679. The molecule has 2 heteroatoms. The van der Waals surface area contributed by atoms with Gasteiger partial charge in [-0.2, -0.15) is 0 Å². The van der Waals surface area contributed by atoms with Crippen LogP contribution in [0.4, 0.5) is 0 Å². The normalized spacial score (nSPS) is 18.3. The molecule has 1 unspecified atom stereocenters. The summed E-state index contributed by atoms with van der Waals surface area (Å²) in [5.41, 5.74) is 4.11. The summed E-state index contributed by atoms with van der Waals surface area (Å²) in [5.74, 6) is 0. The van der Waals surface area contributed by atoms with Crippen LogP contribution < -0.4 is 5.32 Å². The Kier molecular flexibility index (Phi) is 4.69. The monoisotopic (exact) mass is 280 g/mol. The van der Waals surface area contributed by atoms with E-state index in [1.165, 1.54) is 23.1 Å². The van der Waals surface area contributed by atoms with E-state index in [1.807, 2.05) is 0 Å². The van der Waals surface area contributed by atoms with Gasteiger partial charge in [0.05, 0.1) is 0 Å². The Labute approximate surface area is 127 Å². The molecule has 1 fully saturated rings. The van der Waals surface area contributed by atoms with Crippen LogP contribution in [0.2, 0.25) is 0 Å². The molecule has 0 amide bonds. The van der Waals surface area contributed by atoms with E-state index in [4.69, 9.17) is 0 Å². The topological polar surface area (TPSA) is 15.3 Å². The molecule has 21 heavy (non-hydrogen) atoms. The standard InChI is InChI=1S/C19H24N2/c1-2-21(18-12-13-20-14-18)15-17-10-6-7-11-19(17)16-8-4-3-5-9-16/h3-11,18,20H,2,12-15H2,1H3. The first kappa shape index (κ1) is 14.3. The zero-order chi connectivity index (χ0) is 14.5. The summed E-state index contributed by atoms with van der Waals surface area (Å²) in [6.07, 6.45) is 1.27. The lowest BCUT2D eigenvalue weighted by Crippen LogP contribution is -2.36. The molecule has 1 aliphatic heterocycles. The minimum atomic E-state index is 0.679. The van der Waals surface area contributed by atoms with Crippen LogP contribution in [0.25, 0.3) is 11.1 Å². The van der Waals surface area contributed by atoms with Crippen molar-refractivity contribution in [3.8, 4) is 11.1 Å². The number of rotatable bonds is 5. The van der Waals surface area contributed by atoms with E-state index >= 15 is 0 Å². The van der Waals surface area contributed by atoms with Crippen LogP contribution in [0.15, 0.2) is 54.6 Å². The van der Waals surface area contributed by atoms with Gasteiger partial charge < -0.3 is 5.32 Å². The third-order valence-electron chi connectivity index (χ3n) is 4.43. The summed E-state index contributed by atoms with van der Waals surface area (Å²) in [4.78, 5) is 2.60. The molecule has 2 aromatic rings. The SMILES string of the molecule is CCN(Cc1ccccc1-c1ccccc1)C1CCNC1. The number of hydrogen-bond donors (Lipinski definition) is 1. The summed E-state index contributed by atoms with van der Waals surface area (Å²) in [6.45, 7) is 6.69. The van der Waals surface area contributed by atoms with Crippen molar-refractivity contribution < 1.29 is 0 Å². The highest BCUT2D eigenvalue weighted by Crippen LogP contribution is 2.25. The first-order valence-electron chi connectivity index (χ1n) is 7.96. The largest absolute Gasteiger partial charge is 0.315 e. The number of nitrogens with zero attached hydrogens (tertiary/aromatic N) is 1. The molecule has 0 aliphatic carbocycles. The Bertz CT molecular complexity index is 559. The Morgan fingerprint density at radius 2 is 1.81 bits per heavy atom. The van der Waals surface area contributed by atoms with Gasteiger partial charge >= 0.3 is 0 Å². The summed E-state index contributed by atoms with van der Waals surface area (Å²) in [7, 11) is 0. The number of hydrogen-bond acceptors (Lipinski definition) is 2. The highest BCUT2D eigenvalue weighted by atomic mass is 15.2. The first-order chi connectivity index (χ1) is 10.4. The van der Waals surface area contributed by atoms with Gasteiger partial charge in [-0.15, -0.1) is 0 Å². The van der Waals surface area contributed by atoms with Crippen molar-refractivity contribution in [3.63, 3.8) is 0 Å². The Hall–Kier alpha value is -1.64. The third-order valence-corrected chi connectivity index (χ3v) is 4.43. The zero-order valence-electron chi connectivity index (χ0n) is 12.8. The first-order valence-corrected chi connectivity index (χ1v) is 7.96. The van der Waals surface area contributed by atoms with Crippen molar-refractivity contribution in [2.24, 2.45) is 0 Å². The zero-order valence-corrected chi connectivity index (χ0v) is 12.8. The van der Waals surface area contributed by atoms with Gasteiger partial charge in [-0.25, -0.2) is 0 Å². The Morgan fingerprint density at radius 3 is 2.52 bits per heavy atom. The summed E-state index contributed by atoms with van der Waals surface area (Å²) in [6, 6.07) is 20.2. The van der Waals surface area contributed by atoms with E-state index in [1.54, 1.807) is 0 Å². The average Bonchev–Trinajstić information content (AvgIpc) is 3.08. The summed E-state index contributed by atoms with van der Waals surface area (Å²) < 4.78 is 0. The number of benzene rings is 2. The molecule has 1 N–H and O–H groups in total. The second kappa shape index (κ2) is 6.88. The van der Waals surface area contributed by atoms with Gasteiger partial charge in [0.15, 0.2) is 0 Å². The molecule has 2 nitrogen and oxygen atoms in total. The van der Waals surface area contributed by atoms with E-state index < -0.39 is 0 Å². The van der Waals surface area contributed by atoms with Crippen molar-refractivity contribution in [3.05, 3.63) is 60.2 Å². The molecule has 1 saturated heterocycles. The molecule has 2 aromatic carbocycles. The van der Waals surface area contributed by atoms with Gasteiger partial charge in [0.2, 0.25) is 0 Å². The van der Waals surface area contributed by atoms with Crippen molar-refractivity contribution in [1.29, 1.82) is 0 Å². The maximum atomic E-state index is 3.48. The van der Waals surface area contributed by atoms with E-state index in [9.17, 15) is 0 Å². The van der Waals surface area contributed by atoms with Crippen LogP contribution in [0.3, 0.4) is 0 Å². The van der Waals surface area contributed by atoms with Crippen LogP contribution in [0.1, 0.15) is 18.9 Å². The molecule has 0 bridgehead atoms. The van der Waals surface area contributed by atoms with Crippen LogP contribution in [-0.2, 0) is 6.54 Å². The number of nitrogens with one attached hydrogen (secondary N) is 1. The van der Waals surface area contributed by atoms with Crippen LogP contribution >= 0.6 is 0 Å². The fourth-order valence-electron chi connectivity index (χ4n) is 3.23. The van der Waals surface area contributed by atoms with Crippen molar-refractivity contribution >= 4 is 0 Å². The molecule has 0 spiro atoms. The molecule has 1 heterocycles. The Morgan fingerprint density at radius 1 is 1.05 bits per heavy atom. The lowest BCUT2D eigenvalue weighted by Gasteiger charge is -2.28. The number of likely N-dealkylation sites (N-methyl/N-ethyl adjacent to an activating group) is 1. The fourth-order valence-corrected chi connectivity index (χ4v) is 3.23.